The molecule has 0 amide bonds. The van der Waals surface area contributed by atoms with E-state index in [4.69, 9.17) is 23.2 Å². The molecule has 0 atom stereocenters. The van der Waals surface area contributed by atoms with Gasteiger partial charge in [0.1, 0.15) is 4.90 Å². The van der Waals surface area contributed by atoms with Gasteiger partial charge in [0, 0.05) is 14.1 Å². The second-order valence-corrected chi connectivity index (χ2v) is 6.55. The summed E-state index contributed by atoms with van der Waals surface area (Å²) in [6, 6.07) is 6.04. The Morgan fingerprint density at radius 1 is 1.10 bits per heavy atom. The standard InChI is InChI=1S/C11H11Cl2N5O2S/c1-18(2)11-15-9(13)14-10(16-11)17-21(19,20)8-6-4-3-5-7(8)12/h3-6H,1-2H3,(H,14,15,16,17). The summed E-state index contributed by atoms with van der Waals surface area (Å²) in [4.78, 5) is 13.1. The van der Waals surface area contributed by atoms with E-state index in [2.05, 4.69) is 19.7 Å². The van der Waals surface area contributed by atoms with Crippen LogP contribution in [0.2, 0.25) is 10.3 Å². The van der Waals surface area contributed by atoms with Crippen molar-refractivity contribution in [3.63, 3.8) is 0 Å². The summed E-state index contributed by atoms with van der Waals surface area (Å²) in [5.41, 5.74) is 0. The molecule has 2 aromatic rings. The van der Waals surface area contributed by atoms with E-state index in [1.54, 1.807) is 31.1 Å². The van der Waals surface area contributed by atoms with Gasteiger partial charge in [0.05, 0.1) is 5.02 Å². The van der Waals surface area contributed by atoms with E-state index < -0.39 is 10.0 Å². The minimum Gasteiger partial charge on any atom is -0.347 e. The largest absolute Gasteiger partial charge is 0.347 e. The second-order valence-electron chi connectivity index (χ2n) is 4.16. The minimum absolute atomic E-state index is 0.0744. The van der Waals surface area contributed by atoms with E-state index in [1.165, 1.54) is 12.1 Å². The first-order valence-corrected chi connectivity index (χ1v) is 7.90. The van der Waals surface area contributed by atoms with Crippen LogP contribution in [0.3, 0.4) is 0 Å². The first-order valence-electron chi connectivity index (χ1n) is 5.66. The van der Waals surface area contributed by atoms with Gasteiger partial charge in [-0.3, -0.25) is 0 Å². The van der Waals surface area contributed by atoms with Crippen molar-refractivity contribution in [1.82, 2.24) is 15.0 Å². The monoisotopic (exact) mass is 347 g/mol. The van der Waals surface area contributed by atoms with Crippen LogP contribution >= 0.6 is 23.2 Å². The van der Waals surface area contributed by atoms with Gasteiger partial charge < -0.3 is 4.90 Å². The fourth-order valence-electron chi connectivity index (χ4n) is 1.42. The number of halogens is 2. The maximum atomic E-state index is 12.3. The van der Waals surface area contributed by atoms with E-state index in [0.717, 1.165) is 0 Å². The average Bonchev–Trinajstić information content (AvgIpc) is 2.37. The summed E-state index contributed by atoms with van der Waals surface area (Å²) in [6.45, 7) is 0. The molecule has 1 aromatic carbocycles. The normalized spacial score (nSPS) is 11.2. The van der Waals surface area contributed by atoms with Crippen molar-refractivity contribution in [2.75, 3.05) is 23.7 Å². The number of anilines is 2. The highest BCUT2D eigenvalue weighted by molar-refractivity contribution is 7.92. The Morgan fingerprint density at radius 3 is 2.38 bits per heavy atom. The van der Waals surface area contributed by atoms with Crippen molar-refractivity contribution < 1.29 is 8.42 Å². The van der Waals surface area contributed by atoms with Crippen molar-refractivity contribution in [3.05, 3.63) is 34.6 Å². The molecule has 1 heterocycles. The Hall–Kier alpha value is -1.64. The summed E-state index contributed by atoms with van der Waals surface area (Å²) in [5, 5.41) is -0.0245. The fraction of sp³-hybridized carbons (Fsp3) is 0.182. The van der Waals surface area contributed by atoms with Crippen molar-refractivity contribution in [1.29, 1.82) is 0 Å². The predicted octanol–water partition coefficient (Wildman–Crippen LogP) is 2.05. The molecule has 0 radical (unpaired) electrons. The molecule has 0 aliphatic carbocycles. The Labute approximate surface area is 132 Å². The van der Waals surface area contributed by atoms with Crippen molar-refractivity contribution in [3.8, 4) is 0 Å². The van der Waals surface area contributed by atoms with Gasteiger partial charge in [-0.15, -0.1) is 0 Å². The molecule has 0 aliphatic rings. The van der Waals surface area contributed by atoms with Gasteiger partial charge in [-0.1, -0.05) is 23.7 Å². The first-order chi connectivity index (χ1) is 9.79. The van der Waals surface area contributed by atoms with Crippen molar-refractivity contribution in [2.24, 2.45) is 0 Å². The number of hydrogen-bond acceptors (Lipinski definition) is 6. The number of benzene rings is 1. The predicted molar refractivity (Wildman–Crippen MR) is 81.4 cm³/mol. The number of hydrogen-bond donors (Lipinski definition) is 1. The molecule has 0 saturated heterocycles. The molecular weight excluding hydrogens is 337 g/mol. The Bertz CT molecular complexity index is 767. The SMILES string of the molecule is CN(C)c1nc(Cl)nc(NS(=O)(=O)c2ccccc2Cl)n1. The number of rotatable bonds is 4. The van der Waals surface area contributed by atoms with E-state index in [9.17, 15) is 8.42 Å². The molecule has 10 heteroatoms. The van der Waals surface area contributed by atoms with Gasteiger partial charge in [-0.05, 0) is 23.7 Å². The van der Waals surface area contributed by atoms with Gasteiger partial charge in [-0.2, -0.15) is 15.0 Å². The third kappa shape index (κ3) is 3.72. The lowest BCUT2D eigenvalue weighted by Crippen LogP contribution is -2.19. The molecule has 1 aromatic heterocycles. The summed E-state index contributed by atoms with van der Waals surface area (Å²) in [7, 11) is -0.530. The number of sulfonamides is 1. The second kappa shape index (κ2) is 6.00. The summed E-state index contributed by atoms with van der Waals surface area (Å²) in [5.74, 6) is 0.0467. The molecule has 0 spiro atoms. The van der Waals surface area contributed by atoms with Gasteiger partial charge in [0.2, 0.25) is 17.2 Å². The zero-order chi connectivity index (χ0) is 15.6. The topological polar surface area (TPSA) is 88.1 Å². The maximum absolute atomic E-state index is 12.3. The van der Waals surface area contributed by atoms with Crippen LogP contribution in [-0.2, 0) is 10.0 Å². The van der Waals surface area contributed by atoms with E-state index in [-0.39, 0.29) is 27.1 Å². The smallest absolute Gasteiger partial charge is 0.265 e. The molecule has 2 rings (SSSR count). The molecule has 0 bridgehead atoms. The average molecular weight is 348 g/mol. The molecule has 0 fully saturated rings. The van der Waals surface area contributed by atoms with Crippen LogP contribution in [0.4, 0.5) is 11.9 Å². The molecule has 7 nitrogen and oxygen atoms in total. The third-order valence-corrected chi connectivity index (χ3v) is 4.35. The highest BCUT2D eigenvalue weighted by Gasteiger charge is 2.20. The quantitative estimate of drug-likeness (QED) is 0.910. The Balaban J connectivity index is 2.40. The fourth-order valence-corrected chi connectivity index (χ4v) is 3.04. The van der Waals surface area contributed by atoms with Crippen LogP contribution < -0.4 is 9.62 Å². The molecular formula is C11H11Cl2N5O2S. The zero-order valence-corrected chi connectivity index (χ0v) is 13.4. The van der Waals surface area contributed by atoms with E-state index >= 15 is 0 Å². The maximum Gasteiger partial charge on any atom is 0.265 e. The summed E-state index contributed by atoms with van der Waals surface area (Å²) in [6.07, 6.45) is 0. The van der Waals surface area contributed by atoms with Crippen LogP contribution in [0.5, 0.6) is 0 Å². The van der Waals surface area contributed by atoms with Gasteiger partial charge >= 0.3 is 0 Å². The Kier molecular flexibility index (Phi) is 4.50. The van der Waals surface area contributed by atoms with Gasteiger partial charge in [-0.25, -0.2) is 13.1 Å². The van der Waals surface area contributed by atoms with Crippen molar-refractivity contribution in [2.45, 2.75) is 4.90 Å². The van der Waals surface area contributed by atoms with Gasteiger partial charge in [0.25, 0.3) is 10.0 Å². The van der Waals surface area contributed by atoms with Crippen LogP contribution in [0, 0.1) is 0 Å². The lowest BCUT2D eigenvalue weighted by molar-refractivity contribution is 0.601. The van der Waals surface area contributed by atoms with Gasteiger partial charge in [0.15, 0.2) is 0 Å². The molecule has 112 valence electrons. The first kappa shape index (κ1) is 15.7. The Morgan fingerprint density at radius 2 is 1.76 bits per heavy atom. The lowest BCUT2D eigenvalue weighted by Gasteiger charge is -2.12. The van der Waals surface area contributed by atoms with Crippen LogP contribution in [-0.4, -0.2) is 37.5 Å². The van der Waals surface area contributed by atoms with Crippen molar-refractivity contribution >= 4 is 45.1 Å². The van der Waals surface area contributed by atoms with E-state index in [0.29, 0.717) is 0 Å². The van der Waals surface area contributed by atoms with Crippen LogP contribution in [0.1, 0.15) is 0 Å². The van der Waals surface area contributed by atoms with Crippen LogP contribution in [0.25, 0.3) is 0 Å². The zero-order valence-electron chi connectivity index (χ0n) is 11.1. The lowest BCUT2D eigenvalue weighted by atomic mass is 10.4. The number of aromatic nitrogens is 3. The number of nitrogens with one attached hydrogen (secondary N) is 1. The van der Waals surface area contributed by atoms with Crippen LogP contribution in [0.15, 0.2) is 29.2 Å². The number of nitrogens with zero attached hydrogens (tertiary/aromatic N) is 4. The molecule has 0 unspecified atom stereocenters. The highest BCUT2D eigenvalue weighted by atomic mass is 35.5. The minimum atomic E-state index is -3.92. The summed E-state index contributed by atoms with van der Waals surface area (Å²) < 4.78 is 26.8. The molecule has 1 N–H and O–H groups in total. The molecule has 0 aliphatic heterocycles. The molecule has 21 heavy (non-hydrogen) atoms. The molecule has 0 saturated carbocycles. The van der Waals surface area contributed by atoms with E-state index in [1.807, 2.05) is 0 Å². The third-order valence-electron chi connectivity index (χ3n) is 2.35. The highest BCUT2D eigenvalue weighted by Crippen LogP contribution is 2.22. The summed E-state index contributed by atoms with van der Waals surface area (Å²) >= 11 is 11.6.